The normalized spacial score (nSPS) is 14.6. The van der Waals surface area contributed by atoms with E-state index in [2.05, 4.69) is 10.3 Å². The van der Waals surface area contributed by atoms with Crippen LogP contribution in [0.3, 0.4) is 0 Å². The number of benzene rings is 1. The topological polar surface area (TPSA) is 139 Å². The molecule has 200 valence electrons. The summed E-state index contributed by atoms with van der Waals surface area (Å²) in [6, 6.07) is 17.8. The Morgan fingerprint density at radius 3 is 2.62 bits per heavy atom. The van der Waals surface area contributed by atoms with E-state index in [0.29, 0.717) is 33.6 Å². The largest absolute Gasteiger partial charge is 0.504 e. The van der Waals surface area contributed by atoms with Crippen LogP contribution in [0.25, 0.3) is 50.3 Å². The van der Waals surface area contributed by atoms with E-state index in [1.807, 2.05) is 30.3 Å². The summed E-state index contributed by atoms with van der Waals surface area (Å²) in [5, 5.41) is 16.4. The van der Waals surface area contributed by atoms with Gasteiger partial charge in [-0.3, -0.25) is 14.4 Å². The molecule has 6 heterocycles. The molecular weight excluding hydrogens is 575 g/mol. The lowest BCUT2D eigenvalue weighted by Gasteiger charge is -2.26. The van der Waals surface area contributed by atoms with Crippen LogP contribution in [0.5, 0.6) is 0 Å². The maximum atomic E-state index is 13.2. The van der Waals surface area contributed by atoms with E-state index in [-0.39, 0.29) is 14.9 Å². The number of hydrogen-bond donors (Lipinski definition) is 2. The minimum absolute atomic E-state index is 0.0585. The summed E-state index contributed by atoms with van der Waals surface area (Å²) in [7, 11) is -2.89. The molecule has 2 N–H and O–H groups in total. The zero-order valence-electron chi connectivity index (χ0n) is 20.4. The van der Waals surface area contributed by atoms with Gasteiger partial charge in [-0.1, -0.05) is 18.2 Å². The molecule has 13 heteroatoms. The Morgan fingerprint density at radius 1 is 1.00 bits per heavy atom. The Kier molecular flexibility index (Phi) is 5.49. The molecule has 0 saturated heterocycles. The summed E-state index contributed by atoms with van der Waals surface area (Å²) in [5.41, 5.74) is 0.796. The third kappa shape index (κ3) is 3.86. The van der Waals surface area contributed by atoms with Gasteiger partial charge in [0.15, 0.2) is 33.9 Å². The summed E-state index contributed by atoms with van der Waals surface area (Å²) in [6.45, 7) is 0. The standard InChI is InChI=1S/C27H17N3O7S3/c1-30-23(24(31)25-22(40(30,33)34)12-21(39-25)19-7-4-10-35-19)26(32)29-27-28-15(13-38-27)17-8-9-18(37-17)20-11-14-5-2-3-6-16(14)36-20/h2-13,31H,1H3,(H,28,29,32). The van der Waals surface area contributed by atoms with E-state index in [0.717, 1.165) is 37.9 Å². The molecule has 0 radical (unpaired) electrons. The van der Waals surface area contributed by atoms with Gasteiger partial charge in [0.25, 0.3) is 15.9 Å². The first-order valence-corrected chi connectivity index (χ1v) is 14.9. The highest BCUT2D eigenvalue weighted by atomic mass is 32.2. The maximum Gasteiger partial charge on any atom is 0.278 e. The SMILES string of the molecule is CN1C(C(=O)Nc2nc(-c3ccc(-c4cc5ccccc5o4)o3)cs2)=C(O)c2sc(-c3ccco3)cc2S1(=O)=O. The number of sulfonamides is 1. The fourth-order valence-electron chi connectivity index (χ4n) is 4.36. The number of hydrogen-bond acceptors (Lipinski definition) is 10. The lowest BCUT2D eigenvalue weighted by atomic mass is 10.2. The van der Waals surface area contributed by atoms with Crippen LogP contribution in [0.1, 0.15) is 4.88 Å². The second kappa shape index (κ2) is 8.98. The molecule has 0 aliphatic carbocycles. The van der Waals surface area contributed by atoms with Gasteiger partial charge in [-0.2, -0.15) is 0 Å². The molecule has 0 bridgehead atoms. The molecule has 1 aromatic carbocycles. The Bertz CT molecular complexity index is 2030. The fraction of sp³-hybridized carbons (Fsp3) is 0.0370. The van der Waals surface area contributed by atoms with Gasteiger partial charge in [0.2, 0.25) is 0 Å². The molecule has 1 aliphatic rings. The minimum atomic E-state index is -4.10. The number of carbonyl (C=O) groups excluding carboxylic acids is 1. The van der Waals surface area contributed by atoms with Crippen LogP contribution in [0.15, 0.2) is 96.2 Å². The third-order valence-electron chi connectivity index (χ3n) is 6.32. The molecule has 1 amide bonds. The molecule has 0 unspecified atom stereocenters. The van der Waals surface area contributed by atoms with Crippen LogP contribution < -0.4 is 5.32 Å². The number of nitrogens with one attached hydrogen (secondary N) is 1. The molecule has 7 rings (SSSR count). The lowest BCUT2D eigenvalue weighted by Crippen LogP contribution is -2.36. The van der Waals surface area contributed by atoms with Crippen molar-refractivity contribution in [2.45, 2.75) is 4.90 Å². The van der Waals surface area contributed by atoms with Crippen molar-refractivity contribution < 1.29 is 31.6 Å². The van der Waals surface area contributed by atoms with E-state index in [1.165, 1.54) is 19.4 Å². The van der Waals surface area contributed by atoms with Crippen molar-refractivity contribution in [3.05, 3.63) is 82.9 Å². The monoisotopic (exact) mass is 591 g/mol. The second-order valence-electron chi connectivity index (χ2n) is 8.76. The smallest absolute Gasteiger partial charge is 0.278 e. The van der Waals surface area contributed by atoms with Gasteiger partial charge in [0.1, 0.15) is 21.9 Å². The molecule has 10 nitrogen and oxygen atoms in total. The molecule has 40 heavy (non-hydrogen) atoms. The zero-order chi connectivity index (χ0) is 27.6. The summed E-state index contributed by atoms with van der Waals surface area (Å²) >= 11 is 2.14. The van der Waals surface area contributed by atoms with Crippen molar-refractivity contribution in [2.24, 2.45) is 0 Å². The number of aliphatic hydroxyl groups is 1. The van der Waals surface area contributed by atoms with Crippen LogP contribution in [-0.2, 0) is 14.8 Å². The fourth-order valence-corrected chi connectivity index (χ4v) is 7.84. The summed E-state index contributed by atoms with van der Waals surface area (Å²) in [5.74, 6) is 0.724. The summed E-state index contributed by atoms with van der Waals surface area (Å²) in [6.07, 6.45) is 1.47. The average Bonchev–Trinajstić information content (AvgIpc) is 3.76. The van der Waals surface area contributed by atoms with E-state index >= 15 is 0 Å². The number of aliphatic hydroxyl groups excluding tert-OH is 1. The number of carbonyl (C=O) groups is 1. The zero-order valence-corrected chi connectivity index (χ0v) is 22.9. The number of aromatic nitrogens is 1. The number of para-hydroxylation sites is 1. The van der Waals surface area contributed by atoms with Crippen molar-refractivity contribution in [1.82, 2.24) is 9.29 Å². The predicted octanol–water partition coefficient (Wildman–Crippen LogP) is 6.64. The molecule has 0 spiro atoms. The summed E-state index contributed by atoms with van der Waals surface area (Å²) in [4.78, 5) is 18.1. The third-order valence-corrected chi connectivity index (χ3v) is 10.1. The van der Waals surface area contributed by atoms with Gasteiger partial charge in [-0.05, 0) is 42.5 Å². The molecular formula is C27H17N3O7S3. The second-order valence-corrected chi connectivity index (χ2v) is 12.6. The number of anilines is 1. The first-order valence-electron chi connectivity index (χ1n) is 11.8. The quantitative estimate of drug-likeness (QED) is 0.228. The molecule has 0 saturated carbocycles. The number of thiazole rings is 1. The van der Waals surface area contributed by atoms with E-state index in [4.69, 9.17) is 13.3 Å². The molecule has 6 aromatic rings. The Hall–Kier alpha value is -4.59. The first kappa shape index (κ1) is 24.5. The minimum Gasteiger partial charge on any atom is -0.504 e. The van der Waals surface area contributed by atoms with Gasteiger partial charge >= 0.3 is 0 Å². The van der Waals surface area contributed by atoms with Gasteiger partial charge in [-0.25, -0.2) is 13.4 Å². The average molecular weight is 592 g/mol. The van der Waals surface area contributed by atoms with Crippen molar-refractivity contribution >= 4 is 60.5 Å². The Balaban J connectivity index is 1.16. The maximum absolute atomic E-state index is 13.2. The van der Waals surface area contributed by atoms with Crippen LogP contribution in [0.2, 0.25) is 0 Å². The molecule has 1 aliphatic heterocycles. The van der Waals surface area contributed by atoms with Crippen molar-refractivity contribution in [3.8, 4) is 33.6 Å². The highest BCUT2D eigenvalue weighted by Crippen LogP contribution is 2.43. The Labute approximate surface area is 234 Å². The number of fused-ring (bicyclic) bond motifs is 2. The van der Waals surface area contributed by atoms with Crippen LogP contribution in [0, 0.1) is 0 Å². The van der Waals surface area contributed by atoms with Crippen molar-refractivity contribution in [3.63, 3.8) is 0 Å². The van der Waals surface area contributed by atoms with Gasteiger partial charge in [0, 0.05) is 17.8 Å². The lowest BCUT2D eigenvalue weighted by molar-refractivity contribution is -0.113. The van der Waals surface area contributed by atoms with Crippen molar-refractivity contribution in [2.75, 3.05) is 12.4 Å². The molecule has 5 aromatic heterocycles. The number of likely N-dealkylation sites (N-methyl/N-ethyl adjacent to an activating group) is 1. The number of amides is 1. The number of nitrogens with zero attached hydrogens (tertiary/aromatic N) is 2. The number of thiophene rings is 1. The van der Waals surface area contributed by atoms with E-state index < -0.39 is 27.4 Å². The first-order chi connectivity index (χ1) is 19.3. The van der Waals surface area contributed by atoms with E-state index in [9.17, 15) is 18.3 Å². The van der Waals surface area contributed by atoms with Crippen LogP contribution in [0.4, 0.5) is 5.13 Å². The van der Waals surface area contributed by atoms with Crippen LogP contribution in [-0.4, -0.2) is 35.8 Å². The summed E-state index contributed by atoms with van der Waals surface area (Å²) < 4.78 is 44.4. The molecule has 0 atom stereocenters. The highest BCUT2D eigenvalue weighted by Gasteiger charge is 2.40. The van der Waals surface area contributed by atoms with E-state index in [1.54, 1.807) is 29.6 Å². The van der Waals surface area contributed by atoms with Crippen LogP contribution >= 0.6 is 22.7 Å². The van der Waals surface area contributed by atoms with Gasteiger partial charge in [0.05, 0.1) is 16.0 Å². The van der Waals surface area contributed by atoms with Gasteiger partial charge in [-0.15, -0.1) is 22.7 Å². The number of furan rings is 3. The number of rotatable bonds is 5. The van der Waals surface area contributed by atoms with Gasteiger partial charge < -0.3 is 18.4 Å². The predicted molar refractivity (Wildman–Crippen MR) is 150 cm³/mol. The Morgan fingerprint density at radius 2 is 1.82 bits per heavy atom. The highest BCUT2D eigenvalue weighted by molar-refractivity contribution is 7.89. The molecule has 0 fully saturated rings. The van der Waals surface area contributed by atoms with Crippen molar-refractivity contribution in [1.29, 1.82) is 0 Å².